The summed E-state index contributed by atoms with van der Waals surface area (Å²) < 4.78 is 1.88. The minimum atomic E-state index is 0.836. The zero-order valence-corrected chi connectivity index (χ0v) is 13.6. The van der Waals surface area contributed by atoms with E-state index in [9.17, 15) is 0 Å². The van der Waals surface area contributed by atoms with E-state index in [-0.39, 0.29) is 0 Å². The van der Waals surface area contributed by atoms with Gasteiger partial charge in [0.15, 0.2) is 5.82 Å². The second-order valence-corrected chi connectivity index (χ2v) is 6.53. The molecule has 2 aromatic heterocycles. The van der Waals surface area contributed by atoms with Crippen molar-refractivity contribution in [3.8, 4) is 10.6 Å². The molecule has 23 heavy (non-hydrogen) atoms. The van der Waals surface area contributed by atoms with E-state index in [1.807, 2.05) is 10.6 Å². The Hall–Kier alpha value is -2.53. The normalized spacial score (nSPS) is 11.2. The third-order valence-corrected chi connectivity index (χ3v) is 4.78. The molecular weight excluding hydrogens is 304 g/mol. The maximum atomic E-state index is 4.70. The van der Waals surface area contributed by atoms with E-state index in [1.165, 1.54) is 11.1 Å². The van der Waals surface area contributed by atoms with Crippen LogP contribution < -0.4 is 0 Å². The fraction of sp³-hybridized carbons (Fsp3) is 0.167. The van der Waals surface area contributed by atoms with Crippen molar-refractivity contribution in [2.24, 2.45) is 0 Å². The highest BCUT2D eigenvalue weighted by Crippen LogP contribution is 2.25. The van der Waals surface area contributed by atoms with Crippen molar-refractivity contribution in [3.05, 3.63) is 71.5 Å². The first-order valence-corrected chi connectivity index (χ1v) is 8.43. The molecule has 2 heterocycles. The highest BCUT2D eigenvalue weighted by molar-refractivity contribution is 7.19. The van der Waals surface area contributed by atoms with Crippen molar-refractivity contribution in [2.75, 3.05) is 0 Å². The van der Waals surface area contributed by atoms with Gasteiger partial charge in [-0.1, -0.05) is 71.5 Å². The van der Waals surface area contributed by atoms with Gasteiger partial charge in [0.05, 0.1) is 0 Å². The molecule has 5 heteroatoms. The minimum Gasteiger partial charge on any atom is -0.187 e. The molecule has 114 valence electrons. The standard InChI is InChI=1S/C18H16N4S/c1-13-7-10-15(11-8-13)17-21-22-16(19-20-18(22)23-17)12-9-14-5-3-2-4-6-14/h2-8,10-11H,9,12H2,1H3. The summed E-state index contributed by atoms with van der Waals surface area (Å²) in [6.07, 6.45) is 1.78. The zero-order valence-electron chi connectivity index (χ0n) is 12.8. The van der Waals surface area contributed by atoms with Gasteiger partial charge in [-0.3, -0.25) is 0 Å². The Morgan fingerprint density at radius 2 is 1.70 bits per heavy atom. The Labute approximate surface area is 138 Å². The predicted molar refractivity (Wildman–Crippen MR) is 92.7 cm³/mol. The lowest BCUT2D eigenvalue weighted by molar-refractivity contribution is 0.793. The first kappa shape index (κ1) is 14.1. The van der Waals surface area contributed by atoms with Gasteiger partial charge in [0.2, 0.25) is 4.96 Å². The Morgan fingerprint density at radius 1 is 0.913 bits per heavy atom. The van der Waals surface area contributed by atoms with Crippen LogP contribution in [0, 0.1) is 6.92 Å². The molecule has 0 spiro atoms. The molecular formula is C18H16N4S. The molecule has 0 amide bonds. The van der Waals surface area contributed by atoms with Crippen LogP contribution in [0.1, 0.15) is 17.0 Å². The Balaban J connectivity index is 1.60. The van der Waals surface area contributed by atoms with Crippen LogP contribution in [0.2, 0.25) is 0 Å². The highest BCUT2D eigenvalue weighted by atomic mass is 32.1. The van der Waals surface area contributed by atoms with E-state index < -0.39 is 0 Å². The molecule has 2 aromatic carbocycles. The van der Waals surface area contributed by atoms with Crippen LogP contribution in [-0.2, 0) is 12.8 Å². The van der Waals surface area contributed by atoms with Gasteiger partial charge in [-0.05, 0) is 18.9 Å². The maximum absolute atomic E-state index is 4.70. The lowest BCUT2D eigenvalue weighted by Crippen LogP contribution is -1.99. The van der Waals surface area contributed by atoms with Crippen molar-refractivity contribution in [1.29, 1.82) is 0 Å². The number of aromatic nitrogens is 4. The van der Waals surface area contributed by atoms with Crippen LogP contribution in [0.3, 0.4) is 0 Å². The number of aryl methyl sites for hydroxylation is 3. The van der Waals surface area contributed by atoms with Crippen LogP contribution in [0.15, 0.2) is 54.6 Å². The lowest BCUT2D eigenvalue weighted by atomic mass is 10.1. The van der Waals surface area contributed by atoms with Crippen LogP contribution in [0.4, 0.5) is 0 Å². The Morgan fingerprint density at radius 3 is 2.48 bits per heavy atom. The summed E-state index contributed by atoms with van der Waals surface area (Å²) in [7, 11) is 0. The number of hydrogen-bond acceptors (Lipinski definition) is 4. The first-order valence-electron chi connectivity index (χ1n) is 7.62. The molecule has 0 aliphatic carbocycles. The van der Waals surface area contributed by atoms with Gasteiger partial charge in [0, 0.05) is 12.0 Å². The van der Waals surface area contributed by atoms with Crippen LogP contribution in [-0.4, -0.2) is 19.8 Å². The summed E-state index contributed by atoms with van der Waals surface area (Å²) in [4.78, 5) is 0.851. The van der Waals surface area contributed by atoms with Crippen molar-refractivity contribution < 1.29 is 0 Å². The van der Waals surface area contributed by atoms with Gasteiger partial charge in [0.1, 0.15) is 5.01 Å². The molecule has 0 atom stereocenters. The van der Waals surface area contributed by atoms with E-state index in [0.29, 0.717) is 0 Å². The summed E-state index contributed by atoms with van der Waals surface area (Å²) >= 11 is 1.58. The van der Waals surface area contributed by atoms with Crippen molar-refractivity contribution in [2.45, 2.75) is 19.8 Å². The summed E-state index contributed by atoms with van der Waals surface area (Å²) in [5.74, 6) is 0.915. The van der Waals surface area contributed by atoms with E-state index in [2.05, 4.69) is 65.7 Å². The summed E-state index contributed by atoms with van der Waals surface area (Å²) in [5, 5.41) is 14.2. The summed E-state index contributed by atoms with van der Waals surface area (Å²) in [5.41, 5.74) is 3.68. The molecule has 0 aliphatic heterocycles. The number of rotatable bonds is 4. The third-order valence-electron chi connectivity index (χ3n) is 3.83. The zero-order chi connectivity index (χ0) is 15.6. The molecule has 4 aromatic rings. The quantitative estimate of drug-likeness (QED) is 0.572. The average Bonchev–Trinajstić information content (AvgIpc) is 3.15. The highest BCUT2D eigenvalue weighted by Gasteiger charge is 2.12. The summed E-state index contributed by atoms with van der Waals surface area (Å²) in [6.45, 7) is 2.09. The SMILES string of the molecule is Cc1ccc(-c2nn3c(CCc4ccccc4)nnc3s2)cc1. The van der Waals surface area contributed by atoms with Gasteiger partial charge in [0.25, 0.3) is 0 Å². The van der Waals surface area contributed by atoms with E-state index >= 15 is 0 Å². The van der Waals surface area contributed by atoms with E-state index in [0.717, 1.165) is 34.2 Å². The third kappa shape index (κ3) is 2.87. The average molecular weight is 320 g/mol. The van der Waals surface area contributed by atoms with E-state index in [1.54, 1.807) is 11.3 Å². The van der Waals surface area contributed by atoms with Gasteiger partial charge in [-0.2, -0.15) is 9.61 Å². The lowest BCUT2D eigenvalue weighted by Gasteiger charge is -1.99. The predicted octanol–water partition coefficient (Wildman–Crippen LogP) is 3.95. The Bertz CT molecular complexity index is 923. The maximum Gasteiger partial charge on any atom is 0.234 e. The van der Waals surface area contributed by atoms with E-state index in [4.69, 9.17) is 5.10 Å². The van der Waals surface area contributed by atoms with Gasteiger partial charge in [-0.25, -0.2) is 0 Å². The minimum absolute atomic E-state index is 0.836. The monoisotopic (exact) mass is 320 g/mol. The molecule has 0 saturated carbocycles. The fourth-order valence-electron chi connectivity index (χ4n) is 2.53. The number of fused-ring (bicyclic) bond motifs is 1. The topological polar surface area (TPSA) is 43.1 Å². The first-order chi connectivity index (χ1) is 11.3. The van der Waals surface area contributed by atoms with Crippen molar-refractivity contribution in [3.63, 3.8) is 0 Å². The van der Waals surface area contributed by atoms with Gasteiger partial charge in [-0.15, -0.1) is 10.2 Å². The molecule has 0 unspecified atom stereocenters. The van der Waals surface area contributed by atoms with Crippen LogP contribution in [0.25, 0.3) is 15.5 Å². The largest absolute Gasteiger partial charge is 0.234 e. The van der Waals surface area contributed by atoms with Gasteiger partial charge < -0.3 is 0 Å². The smallest absolute Gasteiger partial charge is 0.187 e. The molecule has 0 bridgehead atoms. The number of nitrogens with zero attached hydrogens (tertiary/aromatic N) is 4. The summed E-state index contributed by atoms with van der Waals surface area (Å²) in [6, 6.07) is 18.8. The number of benzene rings is 2. The number of hydrogen-bond donors (Lipinski definition) is 0. The van der Waals surface area contributed by atoms with Crippen LogP contribution >= 0.6 is 11.3 Å². The second kappa shape index (κ2) is 5.93. The van der Waals surface area contributed by atoms with Gasteiger partial charge >= 0.3 is 0 Å². The molecule has 0 radical (unpaired) electrons. The molecule has 4 nitrogen and oxygen atoms in total. The molecule has 0 fully saturated rings. The molecule has 4 rings (SSSR count). The molecule has 0 saturated heterocycles. The van der Waals surface area contributed by atoms with Crippen molar-refractivity contribution >= 4 is 16.3 Å². The fourth-order valence-corrected chi connectivity index (χ4v) is 3.39. The van der Waals surface area contributed by atoms with Crippen molar-refractivity contribution in [1.82, 2.24) is 19.8 Å². The second-order valence-electron chi connectivity index (χ2n) is 5.57. The van der Waals surface area contributed by atoms with Crippen LogP contribution in [0.5, 0.6) is 0 Å². The Kier molecular flexibility index (Phi) is 3.63. The molecule has 0 aliphatic rings. The molecule has 0 N–H and O–H groups in total.